The highest BCUT2D eigenvalue weighted by molar-refractivity contribution is 4.47. The molecule has 0 saturated carbocycles. The molecule has 0 aromatic heterocycles. The van der Waals surface area contributed by atoms with E-state index < -0.39 is 0 Å². The second-order valence-electron chi connectivity index (χ2n) is 3.68. The maximum atomic E-state index is 3.84. The van der Waals surface area contributed by atoms with Crippen LogP contribution in [0.5, 0.6) is 0 Å². The van der Waals surface area contributed by atoms with Gasteiger partial charge >= 0.3 is 0 Å². The number of unbranched alkanes of at least 4 members (excludes halogenated alkanes) is 9. The molecular weight excluding hydrogens is 158 g/mol. The van der Waals surface area contributed by atoms with Crippen LogP contribution < -0.4 is 6.15 Å². The number of hydrogen-bond donors (Lipinski definition) is 1. The summed E-state index contributed by atoms with van der Waals surface area (Å²) in [5.41, 5.74) is 0. The predicted molar refractivity (Wildman–Crippen MR) is 62.2 cm³/mol. The fraction of sp³-hybridized carbons (Fsp3) is 0.917. The van der Waals surface area contributed by atoms with E-state index in [0.29, 0.717) is 0 Å². The summed E-state index contributed by atoms with van der Waals surface area (Å²) in [4.78, 5) is 0. The Balaban J connectivity index is 0. The summed E-state index contributed by atoms with van der Waals surface area (Å²) in [5.74, 6) is 0. The van der Waals surface area contributed by atoms with E-state index >= 15 is 0 Å². The van der Waals surface area contributed by atoms with Crippen molar-refractivity contribution >= 4 is 0 Å². The second kappa shape index (κ2) is 14.5. The molecule has 0 bridgehead atoms. The van der Waals surface area contributed by atoms with Crippen LogP contribution in [0.1, 0.15) is 71.1 Å². The molecule has 0 aliphatic rings. The van der Waals surface area contributed by atoms with Crippen molar-refractivity contribution in [3.8, 4) is 0 Å². The molecule has 1 nitrogen and oxygen atoms in total. The SMILES string of the molecule is N.[CH2]CCCCCCCCCCC. The molecule has 0 saturated heterocycles. The van der Waals surface area contributed by atoms with Crippen LogP contribution in [0.3, 0.4) is 0 Å². The van der Waals surface area contributed by atoms with Crippen molar-refractivity contribution in [3.63, 3.8) is 0 Å². The third kappa shape index (κ3) is 14.8. The zero-order chi connectivity index (χ0) is 9.07. The summed E-state index contributed by atoms with van der Waals surface area (Å²) in [5, 5.41) is 0. The minimum atomic E-state index is 0. The minimum Gasteiger partial charge on any atom is -0.344 e. The molecule has 0 fully saturated rings. The third-order valence-electron chi connectivity index (χ3n) is 2.35. The molecule has 81 valence electrons. The molecule has 0 heterocycles. The predicted octanol–water partition coefficient (Wildman–Crippen LogP) is 4.90. The standard InChI is InChI=1S/C12H25.H3N/c1-3-5-7-9-11-12-10-8-6-4-2;/h1,3-12H2,2H3;1H3. The molecule has 3 N–H and O–H groups in total. The number of rotatable bonds is 9. The fourth-order valence-corrected chi connectivity index (χ4v) is 1.49. The Kier molecular flexibility index (Phi) is 17.2. The van der Waals surface area contributed by atoms with Gasteiger partial charge in [0.05, 0.1) is 0 Å². The molecule has 1 radical (unpaired) electrons. The molecule has 0 spiro atoms. The highest BCUT2D eigenvalue weighted by Crippen LogP contribution is 2.09. The van der Waals surface area contributed by atoms with Gasteiger partial charge in [-0.05, 0) is 0 Å². The molecule has 0 aliphatic heterocycles. The summed E-state index contributed by atoms with van der Waals surface area (Å²) < 4.78 is 0. The molecule has 0 amide bonds. The average Bonchev–Trinajstić information content (AvgIpc) is 2.10. The van der Waals surface area contributed by atoms with Gasteiger partial charge in [0, 0.05) is 0 Å². The number of hydrogen-bond acceptors (Lipinski definition) is 1. The zero-order valence-electron chi connectivity index (χ0n) is 9.49. The van der Waals surface area contributed by atoms with E-state index in [9.17, 15) is 0 Å². The summed E-state index contributed by atoms with van der Waals surface area (Å²) in [6, 6.07) is 0. The fourth-order valence-electron chi connectivity index (χ4n) is 1.49. The van der Waals surface area contributed by atoms with Crippen molar-refractivity contribution in [3.05, 3.63) is 6.92 Å². The van der Waals surface area contributed by atoms with E-state index in [1.54, 1.807) is 0 Å². The van der Waals surface area contributed by atoms with Gasteiger partial charge in [-0.2, -0.15) is 0 Å². The average molecular weight is 186 g/mol. The van der Waals surface area contributed by atoms with Crippen LogP contribution in [0.25, 0.3) is 0 Å². The van der Waals surface area contributed by atoms with Crippen molar-refractivity contribution in [1.82, 2.24) is 6.15 Å². The highest BCUT2D eigenvalue weighted by Gasteiger charge is 1.90. The lowest BCUT2D eigenvalue weighted by Gasteiger charge is -1.99. The van der Waals surface area contributed by atoms with Crippen molar-refractivity contribution in [2.75, 3.05) is 0 Å². The van der Waals surface area contributed by atoms with Gasteiger partial charge in [0.1, 0.15) is 0 Å². The second-order valence-corrected chi connectivity index (χ2v) is 3.68. The van der Waals surface area contributed by atoms with Gasteiger partial charge in [-0.1, -0.05) is 78.1 Å². The summed E-state index contributed by atoms with van der Waals surface area (Å²) >= 11 is 0. The van der Waals surface area contributed by atoms with Crippen LogP contribution in [-0.4, -0.2) is 0 Å². The van der Waals surface area contributed by atoms with Crippen molar-refractivity contribution in [2.24, 2.45) is 0 Å². The summed E-state index contributed by atoms with van der Waals surface area (Å²) in [7, 11) is 0. The van der Waals surface area contributed by atoms with Gasteiger partial charge in [0.2, 0.25) is 0 Å². The monoisotopic (exact) mass is 186 g/mol. The first-order valence-electron chi connectivity index (χ1n) is 5.71. The van der Waals surface area contributed by atoms with Crippen LogP contribution in [0.4, 0.5) is 0 Å². The van der Waals surface area contributed by atoms with Gasteiger partial charge in [0.15, 0.2) is 0 Å². The summed E-state index contributed by atoms with van der Waals surface area (Å²) in [6.07, 6.45) is 13.9. The minimum absolute atomic E-state index is 0. The van der Waals surface area contributed by atoms with E-state index in [0.717, 1.165) is 6.42 Å². The van der Waals surface area contributed by atoms with Gasteiger partial charge in [-0.15, -0.1) is 0 Å². The topological polar surface area (TPSA) is 35.0 Å². The van der Waals surface area contributed by atoms with Gasteiger partial charge in [-0.3, -0.25) is 0 Å². The highest BCUT2D eigenvalue weighted by atomic mass is 14.0. The quantitative estimate of drug-likeness (QED) is 0.510. The summed E-state index contributed by atoms with van der Waals surface area (Å²) in [6.45, 7) is 6.12. The van der Waals surface area contributed by atoms with E-state index in [1.165, 1.54) is 57.8 Å². The Morgan fingerprint density at radius 3 is 1.46 bits per heavy atom. The normalized spacial score (nSPS) is 9.69. The molecular formula is C12H28N. The van der Waals surface area contributed by atoms with Crippen molar-refractivity contribution in [2.45, 2.75) is 71.1 Å². The van der Waals surface area contributed by atoms with E-state index in [2.05, 4.69) is 13.8 Å². The molecule has 1 heteroatoms. The van der Waals surface area contributed by atoms with E-state index in [-0.39, 0.29) is 6.15 Å². The lowest BCUT2D eigenvalue weighted by molar-refractivity contribution is 0.566. The van der Waals surface area contributed by atoms with Crippen LogP contribution in [0.15, 0.2) is 0 Å². The first kappa shape index (κ1) is 15.4. The largest absolute Gasteiger partial charge is 0.344 e. The molecule has 0 rings (SSSR count). The zero-order valence-corrected chi connectivity index (χ0v) is 9.49. The van der Waals surface area contributed by atoms with Crippen LogP contribution in [0, 0.1) is 6.92 Å². The van der Waals surface area contributed by atoms with Crippen LogP contribution >= 0.6 is 0 Å². The molecule has 0 atom stereocenters. The third-order valence-corrected chi connectivity index (χ3v) is 2.35. The Morgan fingerprint density at radius 2 is 1.08 bits per heavy atom. The first-order valence-corrected chi connectivity index (χ1v) is 5.71. The molecule has 0 unspecified atom stereocenters. The van der Waals surface area contributed by atoms with Gasteiger partial charge in [-0.25, -0.2) is 0 Å². The van der Waals surface area contributed by atoms with E-state index in [4.69, 9.17) is 0 Å². The molecule has 13 heavy (non-hydrogen) atoms. The Hall–Kier alpha value is -0.0400. The lowest BCUT2D eigenvalue weighted by atomic mass is 10.1. The maximum Gasteiger partial charge on any atom is -0.0533 e. The molecule has 0 aliphatic carbocycles. The van der Waals surface area contributed by atoms with Gasteiger partial charge in [0.25, 0.3) is 0 Å². The Bertz CT molecular complexity index is 61.5. The van der Waals surface area contributed by atoms with Crippen LogP contribution in [-0.2, 0) is 0 Å². The Morgan fingerprint density at radius 1 is 0.692 bits per heavy atom. The first-order chi connectivity index (χ1) is 5.91. The van der Waals surface area contributed by atoms with Crippen LogP contribution in [0.2, 0.25) is 0 Å². The molecule has 0 aromatic carbocycles. The van der Waals surface area contributed by atoms with E-state index in [1.807, 2.05) is 0 Å². The van der Waals surface area contributed by atoms with Crippen molar-refractivity contribution in [1.29, 1.82) is 0 Å². The molecule has 0 aromatic rings. The van der Waals surface area contributed by atoms with Gasteiger partial charge < -0.3 is 6.15 Å². The lowest BCUT2D eigenvalue weighted by Crippen LogP contribution is -1.80. The Labute approximate surface area is 84.9 Å². The maximum absolute atomic E-state index is 3.84. The smallest absolute Gasteiger partial charge is 0.0533 e. The van der Waals surface area contributed by atoms with Crippen molar-refractivity contribution < 1.29 is 0 Å².